The second-order valence-corrected chi connectivity index (χ2v) is 5.06. The van der Waals surface area contributed by atoms with Gasteiger partial charge in [0.05, 0.1) is 0 Å². The molecule has 0 unspecified atom stereocenters. The van der Waals surface area contributed by atoms with E-state index in [1.165, 1.54) is 0 Å². The van der Waals surface area contributed by atoms with Gasteiger partial charge >= 0.3 is 6.36 Å². The Kier molecular flexibility index (Phi) is 3.25. The van der Waals surface area contributed by atoms with Crippen molar-refractivity contribution in [3.05, 3.63) is 29.6 Å². The standard InChI is InChI=1S/C13H17F4NO/c1-8(18-12(2,3)4)10-7-9(5-6-11(10)14)19-13(15,16)17/h5-8,18H,1-4H3/t8-/m1/s1/i1D3. The minimum atomic E-state index is -4.94. The van der Waals surface area contributed by atoms with Gasteiger partial charge in [-0.2, -0.15) is 0 Å². The molecule has 19 heavy (non-hydrogen) atoms. The molecule has 0 saturated carbocycles. The van der Waals surface area contributed by atoms with Crippen LogP contribution in [0.4, 0.5) is 17.6 Å². The minimum Gasteiger partial charge on any atom is -0.406 e. The van der Waals surface area contributed by atoms with Crippen molar-refractivity contribution in [1.29, 1.82) is 0 Å². The van der Waals surface area contributed by atoms with E-state index in [1.54, 1.807) is 20.8 Å². The average Bonchev–Trinajstić information content (AvgIpc) is 2.24. The Morgan fingerprint density at radius 2 is 1.89 bits per heavy atom. The number of ether oxygens (including phenoxy) is 1. The average molecular weight is 282 g/mol. The lowest BCUT2D eigenvalue weighted by Gasteiger charge is -2.26. The van der Waals surface area contributed by atoms with Gasteiger partial charge in [-0.3, -0.25) is 0 Å². The summed E-state index contributed by atoms with van der Waals surface area (Å²) in [6.07, 6.45) is -4.94. The highest BCUT2D eigenvalue weighted by Gasteiger charge is 2.31. The van der Waals surface area contributed by atoms with Crippen LogP contribution in [-0.2, 0) is 0 Å². The van der Waals surface area contributed by atoms with Gasteiger partial charge in [0, 0.05) is 21.3 Å². The summed E-state index contributed by atoms with van der Waals surface area (Å²) in [5.74, 6) is -1.60. The van der Waals surface area contributed by atoms with Gasteiger partial charge in [-0.15, -0.1) is 13.2 Å². The molecule has 0 bridgehead atoms. The minimum absolute atomic E-state index is 0.406. The molecule has 1 rings (SSSR count). The lowest BCUT2D eigenvalue weighted by Crippen LogP contribution is -2.38. The van der Waals surface area contributed by atoms with Crippen LogP contribution in [0.5, 0.6) is 5.75 Å². The van der Waals surface area contributed by atoms with Crippen LogP contribution < -0.4 is 10.1 Å². The van der Waals surface area contributed by atoms with Gasteiger partial charge in [-0.25, -0.2) is 4.39 Å². The largest absolute Gasteiger partial charge is 0.573 e. The second kappa shape index (κ2) is 5.36. The van der Waals surface area contributed by atoms with Crippen molar-refractivity contribution in [1.82, 2.24) is 5.32 Å². The molecule has 6 heteroatoms. The highest BCUT2D eigenvalue weighted by atomic mass is 19.4. The molecule has 0 aromatic heterocycles. The number of hydrogen-bond donors (Lipinski definition) is 1. The van der Waals surface area contributed by atoms with E-state index in [2.05, 4.69) is 10.1 Å². The zero-order valence-electron chi connectivity index (χ0n) is 13.7. The van der Waals surface area contributed by atoms with E-state index >= 15 is 0 Å². The number of benzene rings is 1. The van der Waals surface area contributed by atoms with Gasteiger partial charge in [0.25, 0.3) is 0 Å². The van der Waals surface area contributed by atoms with Crippen LogP contribution in [0.2, 0.25) is 0 Å². The smallest absolute Gasteiger partial charge is 0.406 e. The summed E-state index contributed by atoms with van der Waals surface area (Å²) in [5.41, 5.74) is -1.09. The quantitative estimate of drug-likeness (QED) is 0.840. The van der Waals surface area contributed by atoms with Crippen molar-refractivity contribution in [3.63, 3.8) is 0 Å². The Morgan fingerprint density at radius 3 is 2.37 bits per heavy atom. The molecule has 0 radical (unpaired) electrons. The normalized spacial score (nSPS) is 17.3. The SMILES string of the molecule is [2H]C([2H])([2H])[C@@H](NC(C)(C)C)c1cc(OC(F)(F)F)ccc1F. The summed E-state index contributed by atoms with van der Waals surface area (Å²) in [5, 5.41) is 2.70. The molecule has 1 N–H and O–H groups in total. The first-order chi connectivity index (χ1) is 9.69. The van der Waals surface area contributed by atoms with Gasteiger partial charge in [-0.05, 0) is 45.8 Å². The summed E-state index contributed by atoms with van der Waals surface area (Å²) in [6.45, 7) is 2.35. The van der Waals surface area contributed by atoms with E-state index < -0.39 is 41.9 Å². The van der Waals surface area contributed by atoms with Crippen LogP contribution in [-0.4, -0.2) is 11.9 Å². The Hall–Kier alpha value is -1.30. The molecule has 0 aliphatic carbocycles. The summed E-state index contributed by atoms with van der Waals surface area (Å²) in [6, 6.07) is 0.822. The van der Waals surface area contributed by atoms with Gasteiger partial charge in [-0.1, -0.05) is 0 Å². The molecule has 108 valence electrons. The van der Waals surface area contributed by atoms with E-state index in [-0.39, 0.29) is 0 Å². The third-order valence-electron chi connectivity index (χ3n) is 2.09. The van der Waals surface area contributed by atoms with Crippen molar-refractivity contribution in [2.75, 3.05) is 0 Å². The Labute approximate surface area is 114 Å². The summed E-state index contributed by atoms with van der Waals surface area (Å²) >= 11 is 0. The zero-order valence-corrected chi connectivity index (χ0v) is 10.7. The van der Waals surface area contributed by atoms with Crippen molar-refractivity contribution in [3.8, 4) is 5.75 Å². The molecular formula is C13H17F4NO. The van der Waals surface area contributed by atoms with Crippen LogP contribution in [0, 0.1) is 5.82 Å². The monoisotopic (exact) mass is 282 g/mol. The number of nitrogens with one attached hydrogen (secondary N) is 1. The first kappa shape index (κ1) is 11.5. The van der Waals surface area contributed by atoms with E-state index in [0.29, 0.717) is 0 Å². The van der Waals surface area contributed by atoms with Crippen LogP contribution in [0.25, 0.3) is 0 Å². The van der Waals surface area contributed by atoms with Crippen molar-refractivity contribution < 1.29 is 26.4 Å². The van der Waals surface area contributed by atoms with Crippen LogP contribution in [0.15, 0.2) is 18.2 Å². The molecule has 0 heterocycles. The fourth-order valence-electron chi connectivity index (χ4n) is 1.45. The number of hydrogen-bond acceptors (Lipinski definition) is 2. The lowest BCUT2D eigenvalue weighted by molar-refractivity contribution is -0.274. The van der Waals surface area contributed by atoms with Crippen LogP contribution >= 0.6 is 0 Å². The lowest BCUT2D eigenvalue weighted by atomic mass is 10.0. The van der Waals surface area contributed by atoms with E-state index in [4.69, 9.17) is 4.11 Å². The zero-order chi connectivity index (χ0) is 17.3. The van der Waals surface area contributed by atoms with Crippen molar-refractivity contribution in [2.24, 2.45) is 0 Å². The van der Waals surface area contributed by atoms with Gasteiger partial charge < -0.3 is 10.1 Å². The second-order valence-electron chi connectivity index (χ2n) is 5.06. The Morgan fingerprint density at radius 1 is 1.26 bits per heavy atom. The van der Waals surface area contributed by atoms with E-state index in [9.17, 15) is 17.6 Å². The predicted octanol–water partition coefficient (Wildman–Crippen LogP) is 4.17. The Balaban J connectivity index is 3.27. The van der Waals surface area contributed by atoms with Gasteiger partial charge in [0.1, 0.15) is 11.6 Å². The van der Waals surface area contributed by atoms with Gasteiger partial charge in [0.2, 0.25) is 0 Å². The summed E-state index contributed by atoms with van der Waals surface area (Å²) in [4.78, 5) is 0. The molecule has 0 aliphatic rings. The maximum atomic E-state index is 13.9. The van der Waals surface area contributed by atoms with Crippen LogP contribution in [0.1, 0.15) is 43.3 Å². The summed E-state index contributed by atoms with van der Waals surface area (Å²) in [7, 11) is 0. The van der Waals surface area contributed by atoms with E-state index in [1.807, 2.05) is 0 Å². The molecule has 1 aromatic carbocycles. The third kappa shape index (κ3) is 5.46. The fourth-order valence-corrected chi connectivity index (χ4v) is 1.45. The number of alkyl halides is 3. The topological polar surface area (TPSA) is 21.3 Å². The van der Waals surface area contributed by atoms with Gasteiger partial charge in [0.15, 0.2) is 0 Å². The first-order valence-corrected chi connectivity index (χ1v) is 5.52. The molecule has 1 atom stereocenters. The maximum Gasteiger partial charge on any atom is 0.573 e. The molecule has 0 fully saturated rings. The molecule has 0 saturated heterocycles. The van der Waals surface area contributed by atoms with Crippen molar-refractivity contribution in [2.45, 2.75) is 45.6 Å². The molecule has 0 aliphatic heterocycles. The number of halogens is 4. The first-order valence-electron chi connectivity index (χ1n) is 7.02. The molecule has 2 nitrogen and oxygen atoms in total. The predicted molar refractivity (Wildman–Crippen MR) is 64.4 cm³/mol. The van der Waals surface area contributed by atoms with E-state index in [0.717, 1.165) is 18.2 Å². The molecule has 1 aromatic rings. The molecule has 0 amide bonds. The summed E-state index contributed by atoms with van der Waals surface area (Å²) < 4.78 is 76.8. The highest BCUT2D eigenvalue weighted by molar-refractivity contribution is 5.32. The van der Waals surface area contributed by atoms with Crippen molar-refractivity contribution >= 4 is 0 Å². The maximum absolute atomic E-state index is 13.9. The highest BCUT2D eigenvalue weighted by Crippen LogP contribution is 2.28. The Bertz CT molecular complexity index is 523. The molecular weight excluding hydrogens is 262 g/mol. The van der Waals surface area contributed by atoms with Crippen LogP contribution in [0.3, 0.4) is 0 Å². The molecule has 0 spiro atoms. The number of rotatable bonds is 3. The fraction of sp³-hybridized carbons (Fsp3) is 0.538. The third-order valence-corrected chi connectivity index (χ3v) is 2.09.